The zero-order valence-corrected chi connectivity index (χ0v) is 14.3. The van der Waals surface area contributed by atoms with Crippen molar-refractivity contribution in [1.82, 2.24) is 4.90 Å². The number of hydrogen-bond acceptors (Lipinski definition) is 5. The number of rotatable bonds is 6. The number of allylic oxidation sites excluding steroid dienone is 2. The molecule has 1 amide bonds. The van der Waals surface area contributed by atoms with Crippen molar-refractivity contribution in [3.63, 3.8) is 0 Å². The van der Waals surface area contributed by atoms with Crippen molar-refractivity contribution < 1.29 is 14.7 Å². The van der Waals surface area contributed by atoms with E-state index < -0.39 is 5.97 Å². The molecule has 120 valence electrons. The highest BCUT2D eigenvalue weighted by Gasteiger charge is 2.31. The lowest BCUT2D eigenvalue weighted by atomic mass is 10.1. The highest BCUT2D eigenvalue weighted by molar-refractivity contribution is 8.26. The molecule has 23 heavy (non-hydrogen) atoms. The fourth-order valence-corrected chi connectivity index (χ4v) is 3.49. The van der Waals surface area contributed by atoms with Crippen LogP contribution in [0.4, 0.5) is 0 Å². The molecule has 4 nitrogen and oxygen atoms in total. The number of carbonyl (C=O) groups excluding carboxylic acids is 2. The molecule has 0 atom stereocenters. The highest BCUT2D eigenvalue weighted by atomic mass is 32.2. The van der Waals surface area contributed by atoms with Crippen molar-refractivity contribution in [2.24, 2.45) is 0 Å². The van der Waals surface area contributed by atoms with Gasteiger partial charge in [0.25, 0.3) is 5.91 Å². The lowest BCUT2D eigenvalue weighted by Gasteiger charge is -2.14. The minimum Gasteiger partial charge on any atom is -0.550 e. The summed E-state index contributed by atoms with van der Waals surface area (Å²) in [6, 6.07) is 9.83. The van der Waals surface area contributed by atoms with Crippen molar-refractivity contribution >= 4 is 46.3 Å². The Balaban J connectivity index is 2.06. The van der Waals surface area contributed by atoms with Crippen molar-refractivity contribution in [2.45, 2.75) is 19.8 Å². The van der Waals surface area contributed by atoms with Gasteiger partial charge in [-0.1, -0.05) is 60.4 Å². The van der Waals surface area contributed by atoms with Crippen molar-refractivity contribution in [2.75, 3.05) is 6.54 Å². The smallest absolute Gasteiger partial charge is 0.266 e. The Kier molecular flexibility index (Phi) is 6.12. The van der Waals surface area contributed by atoms with E-state index in [0.29, 0.717) is 22.2 Å². The van der Waals surface area contributed by atoms with E-state index in [1.165, 1.54) is 16.7 Å². The number of amides is 1. The Labute approximate surface area is 144 Å². The molecule has 6 heteroatoms. The zero-order chi connectivity index (χ0) is 16.8. The van der Waals surface area contributed by atoms with E-state index in [1.807, 2.05) is 49.4 Å². The van der Waals surface area contributed by atoms with Crippen LogP contribution in [-0.2, 0) is 9.59 Å². The average molecular weight is 346 g/mol. The first-order valence-electron chi connectivity index (χ1n) is 7.16. The number of thioether (sulfide) groups is 1. The number of carboxylic acids is 1. The molecule has 1 saturated heterocycles. The van der Waals surface area contributed by atoms with Crippen LogP contribution in [0.25, 0.3) is 6.08 Å². The van der Waals surface area contributed by atoms with Gasteiger partial charge in [0.15, 0.2) is 0 Å². The molecule has 0 radical (unpaired) electrons. The monoisotopic (exact) mass is 346 g/mol. The predicted octanol–water partition coefficient (Wildman–Crippen LogP) is 2.36. The van der Waals surface area contributed by atoms with Crippen LogP contribution in [0.1, 0.15) is 25.3 Å². The lowest BCUT2D eigenvalue weighted by Crippen LogP contribution is -2.30. The topological polar surface area (TPSA) is 60.4 Å². The van der Waals surface area contributed by atoms with Gasteiger partial charge in [-0.25, -0.2) is 0 Å². The zero-order valence-electron chi connectivity index (χ0n) is 12.7. The number of thiocarbonyl (C=S) groups is 1. The molecule has 1 aliphatic rings. The number of carboxylic acid groups (broad SMARTS) is 1. The summed E-state index contributed by atoms with van der Waals surface area (Å²) in [5.41, 5.74) is 2.01. The van der Waals surface area contributed by atoms with E-state index in [1.54, 1.807) is 0 Å². The van der Waals surface area contributed by atoms with Crippen molar-refractivity contribution in [1.29, 1.82) is 0 Å². The first-order chi connectivity index (χ1) is 11.0. The van der Waals surface area contributed by atoms with Gasteiger partial charge in [0.05, 0.1) is 4.91 Å². The fraction of sp³-hybridized carbons (Fsp3) is 0.235. The Bertz CT molecular complexity index is 680. The van der Waals surface area contributed by atoms with Crippen LogP contribution in [-0.4, -0.2) is 27.6 Å². The molecule has 1 heterocycles. The molecule has 0 spiro atoms. The lowest BCUT2D eigenvalue weighted by molar-refractivity contribution is -0.305. The SMILES string of the molecule is CC(=C/c1ccccc1)/C=C1\SC(=S)N(CCCC(=O)[O-])C1=O. The van der Waals surface area contributed by atoms with Crippen LogP contribution < -0.4 is 5.11 Å². The number of carbonyl (C=O) groups is 2. The van der Waals surface area contributed by atoms with E-state index in [9.17, 15) is 14.7 Å². The largest absolute Gasteiger partial charge is 0.550 e. The van der Waals surface area contributed by atoms with E-state index in [-0.39, 0.29) is 12.3 Å². The molecule has 1 aliphatic heterocycles. The minimum absolute atomic E-state index is 0.0803. The number of benzene rings is 1. The molecule has 0 unspecified atom stereocenters. The van der Waals surface area contributed by atoms with Crippen LogP contribution >= 0.6 is 24.0 Å². The molecular weight excluding hydrogens is 330 g/mol. The fourth-order valence-electron chi connectivity index (χ4n) is 2.13. The summed E-state index contributed by atoms with van der Waals surface area (Å²) in [5, 5.41) is 10.4. The van der Waals surface area contributed by atoms with Gasteiger partial charge in [-0.15, -0.1) is 0 Å². The molecular formula is C17H16NO3S2-. The second-order valence-electron chi connectivity index (χ2n) is 5.11. The summed E-state index contributed by atoms with van der Waals surface area (Å²) < 4.78 is 0.465. The first-order valence-corrected chi connectivity index (χ1v) is 8.38. The van der Waals surface area contributed by atoms with Gasteiger partial charge in [-0.05, 0) is 37.0 Å². The first kappa shape index (κ1) is 17.4. The van der Waals surface area contributed by atoms with Gasteiger partial charge in [0, 0.05) is 12.5 Å². The average Bonchev–Trinajstić information content (AvgIpc) is 2.75. The minimum atomic E-state index is -1.12. The van der Waals surface area contributed by atoms with Crippen LogP contribution in [0.5, 0.6) is 0 Å². The van der Waals surface area contributed by atoms with E-state index >= 15 is 0 Å². The normalized spacial score (nSPS) is 17.2. The predicted molar refractivity (Wildman–Crippen MR) is 94.3 cm³/mol. The molecule has 1 aromatic carbocycles. The molecule has 0 aromatic heterocycles. The van der Waals surface area contributed by atoms with Gasteiger partial charge in [0.2, 0.25) is 0 Å². The van der Waals surface area contributed by atoms with Crippen LogP contribution in [0.15, 0.2) is 46.9 Å². The second-order valence-corrected chi connectivity index (χ2v) is 6.78. The number of hydrogen-bond donors (Lipinski definition) is 0. The van der Waals surface area contributed by atoms with Crippen LogP contribution in [0.2, 0.25) is 0 Å². The standard InChI is InChI=1S/C17H17NO3S2/c1-12(10-13-6-3-2-4-7-13)11-14-16(21)18(17(22)23-14)9-5-8-15(19)20/h2-4,6-7,10-11H,5,8-9H2,1H3,(H,19,20)/p-1/b12-10-,14-11-. The molecule has 2 rings (SSSR count). The quantitative estimate of drug-likeness (QED) is 0.585. The summed E-state index contributed by atoms with van der Waals surface area (Å²) in [5.74, 6) is -1.29. The molecule has 0 aliphatic carbocycles. The third-order valence-corrected chi connectivity index (χ3v) is 4.57. The van der Waals surface area contributed by atoms with E-state index in [0.717, 1.165) is 11.1 Å². The Hall–Kier alpha value is -1.92. The van der Waals surface area contributed by atoms with Crippen molar-refractivity contribution in [3.05, 3.63) is 52.4 Å². The third kappa shape index (κ3) is 5.04. The summed E-state index contributed by atoms with van der Waals surface area (Å²) in [6.45, 7) is 2.23. The summed E-state index contributed by atoms with van der Waals surface area (Å²) in [4.78, 5) is 24.8. The van der Waals surface area contributed by atoms with Crippen LogP contribution in [0.3, 0.4) is 0 Å². The number of nitrogens with zero attached hydrogens (tertiary/aromatic N) is 1. The third-order valence-electron chi connectivity index (χ3n) is 3.19. The molecule has 1 fully saturated rings. The van der Waals surface area contributed by atoms with Crippen LogP contribution in [0, 0.1) is 0 Å². The maximum Gasteiger partial charge on any atom is 0.266 e. The maximum absolute atomic E-state index is 12.3. The summed E-state index contributed by atoms with van der Waals surface area (Å²) >= 11 is 6.45. The highest BCUT2D eigenvalue weighted by Crippen LogP contribution is 2.32. The van der Waals surface area contributed by atoms with Gasteiger partial charge >= 0.3 is 0 Å². The molecule has 0 saturated carbocycles. The Morgan fingerprint density at radius 2 is 2.04 bits per heavy atom. The molecule has 0 N–H and O–H groups in total. The molecule has 1 aromatic rings. The summed E-state index contributed by atoms with van der Waals surface area (Å²) in [6.07, 6.45) is 4.05. The van der Waals surface area contributed by atoms with E-state index in [4.69, 9.17) is 12.2 Å². The molecule has 0 bridgehead atoms. The Morgan fingerprint density at radius 3 is 2.70 bits per heavy atom. The second kappa shape index (κ2) is 8.08. The number of aliphatic carboxylic acids is 1. The van der Waals surface area contributed by atoms with Gasteiger partial charge < -0.3 is 9.90 Å². The van der Waals surface area contributed by atoms with E-state index in [2.05, 4.69) is 0 Å². The van der Waals surface area contributed by atoms with Crippen molar-refractivity contribution in [3.8, 4) is 0 Å². The van der Waals surface area contributed by atoms with Gasteiger partial charge in [-0.2, -0.15) is 0 Å². The van der Waals surface area contributed by atoms with Gasteiger partial charge in [-0.3, -0.25) is 9.69 Å². The summed E-state index contributed by atoms with van der Waals surface area (Å²) in [7, 11) is 0. The Morgan fingerprint density at radius 1 is 1.35 bits per heavy atom. The van der Waals surface area contributed by atoms with Gasteiger partial charge in [0.1, 0.15) is 4.32 Å². The maximum atomic E-state index is 12.3.